The van der Waals surface area contributed by atoms with Gasteiger partial charge in [-0.05, 0) is 54.4 Å². The fourth-order valence-corrected chi connectivity index (χ4v) is 3.54. The minimum Gasteiger partial charge on any atom is -0.461 e. The van der Waals surface area contributed by atoms with Gasteiger partial charge in [0.25, 0.3) is 0 Å². The highest BCUT2D eigenvalue weighted by Crippen LogP contribution is 2.28. The second-order valence-corrected chi connectivity index (χ2v) is 9.36. The minimum atomic E-state index is -0.589. The molecule has 0 radical (unpaired) electrons. The van der Waals surface area contributed by atoms with E-state index in [1.807, 2.05) is 45.6 Å². The number of carbonyl (C=O) groups excluding carboxylic acids is 3. The first-order valence-corrected chi connectivity index (χ1v) is 11.6. The number of nitrogens with zero attached hydrogens (tertiary/aromatic N) is 3. The van der Waals surface area contributed by atoms with Crippen LogP contribution in [-0.4, -0.2) is 66.0 Å². The first-order valence-electron chi connectivity index (χ1n) is 11.6. The van der Waals surface area contributed by atoms with Crippen LogP contribution in [0.5, 0.6) is 0 Å². The standard InChI is InChI=1S/C23H38N6O5/c1-8-33-19(30)17-18(26-20(31)24-7)27-21(29(17)13-11-15(2)3)28-12-9-10-16(14-28)25-22(32)34-23(4,5)6/h11,16H,8-10,12-14H2,1-7H3,(H,25,32)(H2,24,26,31). The van der Waals surface area contributed by atoms with Crippen LogP contribution in [0.15, 0.2) is 11.6 Å². The fraction of sp³-hybridized carbons (Fsp3) is 0.652. The lowest BCUT2D eigenvalue weighted by atomic mass is 10.1. The van der Waals surface area contributed by atoms with Crippen LogP contribution < -0.4 is 20.9 Å². The van der Waals surface area contributed by atoms with Crippen molar-refractivity contribution >= 4 is 29.9 Å². The number of nitrogens with one attached hydrogen (secondary N) is 3. The molecule has 0 aliphatic carbocycles. The van der Waals surface area contributed by atoms with Crippen LogP contribution in [0.3, 0.4) is 0 Å². The Bertz CT molecular complexity index is 914. The smallest absolute Gasteiger partial charge is 0.407 e. The maximum atomic E-state index is 12.9. The maximum Gasteiger partial charge on any atom is 0.407 e. The Labute approximate surface area is 201 Å². The third-order valence-electron chi connectivity index (χ3n) is 4.98. The van der Waals surface area contributed by atoms with Crippen molar-refractivity contribution < 1.29 is 23.9 Å². The Morgan fingerprint density at radius 2 is 1.94 bits per heavy atom. The van der Waals surface area contributed by atoms with Crippen LogP contribution in [0.4, 0.5) is 21.4 Å². The van der Waals surface area contributed by atoms with E-state index in [1.165, 1.54) is 7.05 Å². The molecule has 3 N–H and O–H groups in total. The Morgan fingerprint density at radius 1 is 1.24 bits per heavy atom. The van der Waals surface area contributed by atoms with E-state index in [2.05, 4.69) is 20.9 Å². The van der Waals surface area contributed by atoms with Gasteiger partial charge in [-0.2, -0.15) is 4.98 Å². The molecule has 0 spiro atoms. The number of esters is 1. The lowest BCUT2D eigenvalue weighted by molar-refractivity contribution is 0.0495. The first kappa shape index (κ1) is 27.0. The topological polar surface area (TPSA) is 127 Å². The molecular weight excluding hydrogens is 440 g/mol. The van der Waals surface area contributed by atoms with Gasteiger partial charge in [-0.25, -0.2) is 14.4 Å². The zero-order chi connectivity index (χ0) is 25.5. The van der Waals surface area contributed by atoms with Gasteiger partial charge in [0, 0.05) is 32.7 Å². The van der Waals surface area contributed by atoms with Crippen LogP contribution in [0.25, 0.3) is 0 Å². The van der Waals surface area contributed by atoms with E-state index < -0.39 is 23.7 Å². The molecule has 34 heavy (non-hydrogen) atoms. The predicted molar refractivity (Wildman–Crippen MR) is 130 cm³/mol. The molecule has 0 saturated carbocycles. The fourth-order valence-electron chi connectivity index (χ4n) is 3.54. The molecule has 1 aliphatic rings. The molecule has 1 unspecified atom stereocenters. The van der Waals surface area contributed by atoms with E-state index in [9.17, 15) is 14.4 Å². The summed E-state index contributed by atoms with van der Waals surface area (Å²) in [6.45, 7) is 12.8. The van der Waals surface area contributed by atoms with Crippen molar-refractivity contribution in [3.8, 4) is 0 Å². The summed E-state index contributed by atoms with van der Waals surface area (Å²) < 4.78 is 12.4. The number of alkyl carbamates (subject to hydrolysis) is 1. The largest absolute Gasteiger partial charge is 0.461 e. The van der Waals surface area contributed by atoms with E-state index in [4.69, 9.17) is 9.47 Å². The highest BCUT2D eigenvalue weighted by atomic mass is 16.6. The number of allylic oxidation sites excluding steroid dienone is 2. The van der Waals surface area contributed by atoms with E-state index in [0.29, 0.717) is 25.6 Å². The second-order valence-electron chi connectivity index (χ2n) is 9.36. The third kappa shape index (κ3) is 7.67. The Balaban J connectivity index is 2.41. The maximum absolute atomic E-state index is 12.9. The summed E-state index contributed by atoms with van der Waals surface area (Å²) in [6.07, 6.45) is 3.10. The highest BCUT2D eigenvalue weighted by molar-refractivity contribution is 5.99. The number of hydrogen-bond donors (Lipinski definition) is 3. The highest BCUT2D eigenvalue weighted by Gasteiger charge is 2.31. The van der Waals surface area contributed by atoms with Gasteiger partial charge in [0.2, 0.25) is 5.95 Å². The summed E-state index contributed by atoms with van der Waals surface area (Å²) in [5.74, 6) is 0.0649. The molecule has 2 heterocycles. The molecule has 1 aliphatic heterocycles. The van der Waals surface area contributed by atoms with Crippen LogP contribution in [0.1, 0.15) is 64.9 Å². The number of anilines is 2. The Morgan fingerprint density at radius 3 is 2.53 bits per heavy atom. The monoisotopic (exact) mass is 478 g/mol. The van der Waals surface area contributed by atoms with Crippen molar-refractivity contribution in [2.45, 2.75) is 72.6 Å². The van der Waals surface area contributed by atoms with Gasteiger partial charge >= 0.3 is 18.1 Å². The second kappa shape index (κ2) is 11.8. The third-order valence-corrected chi connectivity index (χ3v) is 4.98. The number of aromatic nitrogens is 2. The van der Waals surface area contributed by atoms with Crippen LogP contribution in [0.2, 0.25) is 0 Å². The molecule has 0 aromatic carbocycles. The molecule has 1 aromatic rings. The van der Waals surface area contributed by atoms with E-state index in [0.717, 1.165) is 18.4 Å². The van der Waals surface area contributed by atoms with Crippen molar-refractivity contribution in [2.24, 2.45) is 0 Å². The Kier molecular flexibility index (Phi) is 9.34. The van der Waals surface area contributed by atoms with Gasteiger partial charge in [0.05, 0.1) is 6.61 Å². The summed E-state index contributed by atoms with van der Waals surface area (Å²) in [7, 11) is 1.48. The number of imidazole rings is 1. The SMILES string of the molecule is CCOC(=O)c1c(NC(=O)NC)nc(N2CCCC(NC(=O)OC(C)(C)C)C2)n1CC=C(C)C. The molecular formula is C23H38N6O5. The molecule has 3 amide bonds. The zero-order valence-electron chi connectivity index (χ0n) is 21.3. The lowest BCUT2D eigenvalue weighted by Gasteiger charge is -2.34. The molecule has 0 bridgehead atoms. The summed E-state index contributed by atoms with van der Waals surface area (Å²) in [5.41, 5.74) is 0.645. The lowest BCUT2D eigenvalue weighted by Crippen LogP contribution is -2.49. The molecule has 11 heteroatoms. The van der Waals surface area contributed by atoms with Gasteiger partial charge in [0.15, 0.2) is 11.5 Å². The van der Waals surface area contributed by atoms with Crippen LogP contribution in [0, 0.1) is 0 Å². The van der Waals surface area contributed by atoms with E-state index >= 15 is 0 Å². The average molecular weight is 479 g/mol. The summed E-state index contributed by atoms with van der Waals surface area (Å²) >= 11 is 0. The van der Waals surface area contributed by atoms with Crippen molar-refractivity contribution in [3.05, 3.63) is 17.3 Å². The van der Waals surface area contributed by atoms with Crippen molar-refractivity contribution in [3.63, 3.8) is 0 Å². The Hall–Kier alpha value is -3.24. The van der Waals surface area contributed by atoms with Crippen molar-refractivity contribution in [1.29, 1.82) is 0 Å². The summed E-state index contributed by atoms with van der Waals surface area (Å²) in [5, 5.41) is 8.04. The van der Waals surface area contributed by atoms with E-state index in [1.54, 1.807) is 11.5 Å². The molecule has 1 saturated heterocycles. The number of rotatable bonds is 7. The predicted octanol–water partition coefficient (Wildman–Crippen LogP) is 3.27. The molecule has 1 aromatic heterocycles. The van der Waals surface area contributed by atoms with Crippen LogP contribution in [-0.2, 0) is 16.0 Å². The number of carbonyl (C=O) groups is 3. The molecule has 1 atom stereocenters. The molecule has 190 valence electrons. The number of hydrogen-bond acceptors (Lipinski definition) is 7. The molecule has 2 rings (SSSR count). The normalized spacial score (nSPS) is 15.9. The number of amides is 3. The first-order chi connectivity index (χ1) is 15.9. The quantitative estimate of drug-likeness (QED) is 0.405. The van der Waals surface area contributed by atoms with Gasteiger partial charge in [-0.1, -0.05) is 11.6 Å². The number of ether oxygens (including phenoxy) is 2. The minimum absolute atomic E-state index is 0.122. The molecule has 1 fully saturated rings. The summed E-state index contributed by atoms with van der Waals surface area (Å²) in [4.78, 5) is 43.8. The summed E-state index contributed by atoms with van der Waals surface area (Å²) in [6, 6.07) is -0.648. The van der Waals surface area contributed by atoms with Crippen LogP contribution >= 0.6 is 0 Å². The van der Waals surface area contributed by atoms with Gasteiger partial charge in [-0.3, -0.25) is 9.88 Å². The van der Waals surface area contributed by atoms with Gasteiger partial charge in [0.1, 0.15) is 5.60 Å². The number of urea groups is 1. The zero-order valence-corrected chi connectivity index (χ0v) is 21.3. The van der Waals surface area contributed by atoms with Crippen molar-refractivity contribution in [1.82, 2.24) is 20.2 Å². The van der Waals surface area contributed by atoms with Crippen molar-refractivity contribution in [2.75, 3.05) is 37.0 Å². The molecule has 11 nitrogen and oxygen atoms in total. The number of piperidine rings is 1. The average Bonchev–Trinajstić information content (AvgIpc) is 3.09. The van der Waals surface area contributed by atoms with E-state index in [-0.39, 0.29) is 24.2 Å². The van der Waals surface area contributed by atoms with Gasteiger partial charge in [-0.15, -0.1) is 0 Å². The van der Waals surface area contributed by atoms with Gasteiger partial charge < -0.3 is 25.0 Å².